The number of amides is 1. The van der Waals surface area contributed by atoms with Gasteiger partial charge in [0, 0.05) is 19.3 Å². The molecule has 1 saturated heterocycles. The molecule has 2 rings (SSSR count). The molecule has 0 spiro atoms. The minimum atomic E-state index is -0.848. The SMILES string of the molecule is CC1CCN(C(=O)Cn2ccc(N)c([N+](=O)[O-])c2=O)CC1. The lowest BCUT2D eigenvalue weighted by Crippen LogP contribution is -2.41. The van der Waals surface area contributed by atoms with Crippen LogP contribution in [0.5, 0.6) is 0 Å². The van der Waals surface area contributed by atoms with Crippen molar-refractivity contribution in [2.24, 2.45) is 5.92 Å². The van der Waals surface area contributed by atoms with Crippen molar-refractivity contribution >= 4 is 17.3 Å². The van der Waals surface area contributed by atoms with Crippen LogP contribution in [0.3, 0.4) is 0 Å². The van der Waals surface area contributed by atoms with Crippen molar-refractivity contribution in [2.75, 3.05) is 18.8 Å². The summed E-state index contributed by atoms with van der Waals surface area (Å²) in [5.41, 5.74) is 3.70. The van der Waals surface area contributed by atoms with Crippen LogP contribution in [0.2, 0.25) is 0 Å². The van der Waals surface area contributed by atoms with E-state index >= 15 is 0 Å². The molecule has 1 aromatic heterocycles. The van der Waals surface area contributed by atoms with E-state index in [9.17, 15) is 19.7 Å². The number of aromatic nitrogens is 1. The average Bonchev–Trinajstić information content (AvgIpc) is 2.42. The Hall–Kier alpha value is -2.38. The maximum Gasteiger partial charge on any atom is 0.356 e. The average molecular weight is 294 g/mol. The number of likely N-dealkylation sites (tertiary alicyclic amines) is 1. The lowest BCUT2D eigenvalue weighted by molar-refractivity contribution is -0.385. The van der Waals surface area contributed by atoms with Gasteiger partial charge in [-0.1, -0.05) is 6.92 Å². The van der Waals surface area contributed by atoms with Crippen LogP contribution in [0.25, 0.3) is 0 Å². The molecular weight excluding hydrogens is 276 g/mol. The smallest absolute Gasteiger partial charge is 0.356 e. The summed E-state index contributed by atoms with van der Waals surface area (Å²) in [5.74, 6) is 0.387. The van der Waals surface area contributed by atoms with E-state index in [4.69, 9.17) is 5.73 Å². The number of nitrogens with zero attached hydrogens (tertiary/aromatic N) is 3. The van der Waals surface area contributed by atoms with Crippen LogP contribution in [-0.2, 0) is 11.3 Å². The fraction of sp³-hybridized carbons (Fsp3) is 0.538. The Morgan fingerprint density at radius 3 is 2.67 bits per heavy atom. The summed E-state index contributed by atoms with van der Waals surface area (Å²) in [6, 6.07) is 1.27. The van der Waals surface area contributed by atoms with Gasteiger partial charge in [-0.25, -0.2) is 0 Å². The van der Waals surface area contributed by atoms with Gasteiger partial charge >= 0.3 is 11.2 Å². The second-order valence-electron chi connectivity index (χ2n) is 5.37. The first-order valence-corrected chi connectivity index (χ1v) is 6.81. The molecule has 1 aliphatic rings. The summed E-state index contributed by atoms with van der Waals surface area (Å²) in [7, 11) is 0. The lowest BCUT2D eigenvalue weighted by atomic mass is 9.99. The maximum absolute atomic E-state index is 12.2. The van der Waals surface area contributed by atoms with Gasteiger partial charge in [0.05, 0.1) is 4.92 Å². The second-order valence-corrected chi connectivity index (χ2v) is 5.37. The molecule has 114 valence electrons. The van der Waals surface area contributed by atoms with E-state index in [0.717, 1.165) is 17.4 Å². The number of pyridine rings is 1. The monoisotopic (exact) mass is 294 g/mol. The van der Waals surface area contributed by atoms with Crippen molar-refractivity contribution in [3.63, 3.8) is 0 Å². The Kier molecular flexibility index (Phi) is 4.25. The first-order chi connectivity index (χ1) is 9.90. The molecule has 0 radical (unpaired) electrons. The second kappa shape index (κ2) is 5.94. The largest absolute Gasteiger partial charge is 0.393 e. The van der Waals surface area contributed by atoms with E-state index in [1.165, 1.54) is 12.3 Å². The zero-order valence-corrected chi connectivity index (χ0v) is 11.8. The standard InChI is InChI=1S/C13H18N4O4/c1-9-2-5-15(6-3-9)11(18)8-16-7-4-10(14)12(13(16)19)17(20)21/h4,7,9H,2-3,5-6,8,14H2,1H3. The molecule has 0 aromatic carbocycles. The maximum atomic E-state index is 12.2. The summed E-state index contributed by atoms with van der Waals surface area (Å²) in [6.07, 6.45) is 3.18. The molecule has 0 unspecified atom stereocenters. The highest BCUT2D eigenvalue weighted by molar-refractivity contribution is 5.76. The number of hydrogen-bond donors (Lipinski definition) is 1. The van der Waals surface area contributed by atoms with Crippen LogP contribution in [0.15, 0.2) is 17.1 Å². The molecule has 1 aromatic rings. The third kappa shape index (κ3) is 3.21. The number of piperidine rings is 1. The Labute approximate surface area is 121 Å². The summed E-state index contributed by atoms with van der Waals surface area (Å²) in [5, 5.41) is 10.8. The number of anilines is 1. The number of carbonyl (C=O) groups is 1. The number of hydrogen-bond acceptors (Lipinski definition) is 5. The molecular formula is C13H18N4O4. The highest BCUT2D eigenvalue weighted by atomic mass is 16.6. The van der Waals surface area contributed by atoms with Gasteiger partial charge in [-0.15, -0.1) is 0 Å². The molecule has 0 atom stereocenters. The van der Waals surface area contributed by atoms with Crippen LogP contribution in [0.1, 0.15) is 19.8 Å². The predicted molar refractivity (Wildman–Crippen MR) is 76.7 cm³/mol. The summed E-state index contributed by atoms with van der Waals surface area (Å²) >= 11 is 0. The third-order valence-electron chi connectivity index (χ3n) is 3.80. The molecule has 0 saturated carbocycles. The highest BCUT2D eigenvalue weighted by Gasteiger charge is 2.23. The number of carbonyl (C=O) groups excluding carboxylic acids is 1. The highest BCUT2D eigenvalue weighted by Crippen LogP contribution is 2.17. The van der Waals surface area contributed by atoms with E-state index in [-0.39, 0.29) is 18.1 Å². The molecule has 0 aliphatic carbocycles. The molecule has 8 heteroatoms. The molecule has 1 amide bonds. The Morgan fingerprint density at radius 1 is 1.48 bits per heavy atom. The topological polar surface area (TPSA) is 111 Å². The minimum Gasteiger partial charge on any atom is -0.393 e. The summed E-state index contributed by atoms with van der Waals surface area (Å²) < 4.78 is 1.04. The van der Waals surface area contributed by atoms with E-state index in [1.807, 2.05) is 0 Å². The van der Waals surface area contributed by atoms with Crippen molar-refractivity contribution in [1.82, 2.24) is 9.47 Å². The number of nitro groups is 1. The van der Waals surface area contributed by atoms with Gasteiger partial charge in [0.1, 0.15) is 12.2 Å². The molecule has 1 fully saturated rings. The van der Waals surface area contributed by atoms with Gasteiger partial charge in [0.15, 0.2) is 0 Å². The molecule has 21 heavy (non-hydrogen) atoms. The molecule has 2 N–H and O–H groups in total. The van der Waals surface area contributed by atoms with Crippen LogP contribution in [-0.4, -0.2) is 33.4 Å². The zero-order valence-electron chi connectivity index (χ0n) is 11.8. The van der Waals surface area contributed by atoms with Crippen LogP contribution in [0, 0.1) is 16.0 Å². The Morgan fingerprint density at radius 2 is 2.10 bits per heavy atom. The van der Waals surface area contributed by atoms with Gasteiger partial charge in [0.25, 0.3) is 0 Å². The number of rotatable bonds is 3. The van der Waals surface area contributed by atoms with Gasteiger partial charge in [-0.3, -0.25) is 19.7 Å². The first kappa shape index (κ1) is 15.0. The first-order valence-electron chi connectivity index (χ1n) is 6.81. The van der Waals surface area contributed by atoms with E-state index < -0.39 is 16.2 Å². The van der Waals surface area contributed by atoms with Crippen molar-refractivity contribution in [3.8, 4) is 0 Å². The molecule has 1 aliphatic heterocycles. The number of nitrogens with two attached hydrogens (primary N) is 1. The quantitative estimate of drug-likeness (QED) is 0.648. The molecule has 2 heterocycles. The van der Waals surface area contributed by atoms with Gasteiger partial charge in [0.2, 0.25) is 5.91 Å². The Bertz CT molecular complexity index is 617. The summed E-state index contributed by atoms with van der Waals surface area (Å²) in [4.78, 5) is 35.8. The van der Waals surface area contributed by atoms with E-state index in [2.05, 4.69) is 6.92 Å². The summed E-state index contributed by atoms with van der Waals surface area (Å²) in [6.45, 7) is 3.25. The fourth-order valence-corrected chi connectivity index (χ4v) is 2.39. The normalized spacial score (nSPS) is 16.0. The molecule has 0 bridgehead atoms. The fourth-order valence-electron chi connectivity index (χ4n) is 2.39. The van der Waals surface area contributed by atoms with Crippen LogP contribution in [0.4, 0.5) is 11.4 Å². The van der Waals surface area contributed by atoms with E-state index in [1.54, 1.807) is 4.90 Å². The van der Waals surface area contributed by atoms with Gasteiger partial charge in [-0.2, -0.15) is 0 Å². The van der Waals surface area contributed by atoms with Crippen molar-refractivity contribution in [2.45, 2.75) is 26.3 Å². The van der Waals surface area contributed by atoms with Crippen molar-refractivity contribution < 1.29 is 9.72 Å². The van der Waals surface area contributed by atoms with Gasteiger partial charge < -0.3 is 15.2 Å². The van der Waals surface area contributed by atoms with Crippen LogP contribution < -0.4 is 11.3 Å². The minimum absolute atomic E-state index is 0.194. The number of nitrogen functional groups attached to an aromatic ring is 1. The lowest BCUT2D eigenvalue weighted by Gasteiger charge is -2.30. The van der Waals surface area contributed by atoms with E-state index in [0.29, 0.717) is 19.0 Å². The Balaban J connectivity index is 2.17. The van der Waals surface area contributed by atoms with Crippen molar-refractivity contribution in [3.05, 3.63) is 32.7 Å². The molecule has 8 nitrogen and oxygen atoms in total. The zero-order chi connectivity index (χ0) is 15.6. The van der Waals surface area contributed by atoms with Gasteiger partial charge in [-0.05, 0) is 24.8 Å². The van der Waals surface area contributed by atoms with Crippen LogP contribution >= 0.6 is 0 Å². The third-order valence-corrected chi connectivity index (χ3v) is 3.80. The van der Waals surface area contributed by atoms with Crippen molar-refractivity contribution in [1.29, 1.82) is 0 Å². The predicted octanol–water partition coefficient (Wildman–Crippen LogP) is 0.597.